The van der Waals surface area contributed by atoms with Crippen LogP contribution < -0.4 is 9.47 Å². The zero-order valence-corrected chi connectivity index (χ0v) is 19.3. The molecule has 0 spiro atoms. The molecule has 1 amide bonds. The Balaban J connectivity index is 1.35. The minimum absolute atomic E-state index is 0.134. The second-order valence-corrected chi connectivity index (χ2v) is 8.51. The Labute approximate surface area is 189 Å². The van der Waals surface area contributed by atoms with E-state index in [0.29, 0.717) is 24.0 Å². The van der Waals surface area contributed by atoms with Gasteiger partial charge >= 0.3 is 0 Å². The summed E-state index contributed by atoms with van der Waals surface area (Å²) in [6, 6.07) is 9.75. The van der Waals surface area contributed by atoms with Crippen LogP contribution in [0.5, 0.6) is 11.5 Å². The number of carbonyl (C=O) groups is 1. The van der Waals surface area contributed by atoms with Gasteiger partial charge in [0.25, 0.3) is 0 Å². The first-order chi connectivity index (χ1) is 15.5. The molecule has 1 atom stereocenters. The zero-order valence-electron chi connectivity index (χ0n) is 19.3. The maximum atomic E-state index is 13.1. The molecule has 32 heavy (non-hydrogen) atoms. The SMILES string of the molecule is COc1ccc(CN(C)C(=O)C(C)N2CCC(c3c[nH]c4ncccc34)CC2)cc1OC. The molecule has 0 radical (unpaired) electrons. The maximum Gasteiger partial charge on any atom is 0.239 e. The number of rotatable bonds is 7. The van der Waals surface area contributed by atoms with Gasteiger partial charge in [-0.15, -0.1) is 0 Å². The Hall–Kier alpha value is -3.06. The van der Waals surface area contributed by atoms with E-state index in [1.165, 1.54) is 10.9 Å². The van der Waals surface area contributed by atoms with E-state index in [9.17, 15) is 4.79 Å². The number of benzene rings is 1. The fourth-order valence-corrected chi connectivity index (χ4v) is 4.72. The van der Waals surface area contributed by atoms with Crippen LogP contribution in [0.15, 0.2) is 42.7 Å². The van der Waals surface area contributed by atoms with Gasteiger partial charge in [-0.1, -0.05) is 6.07 Å². The van der Waals surface area contributed by atoms with E-state index < -0.39 is 0 Å². The molecular weight excluding hydrogens is 404 g/mol. The smallest absolute Gasteiger partial charge is 0.239 e. The van der Waals surface area contributed by atoms with Crippen LogP contribution in [0.3, 0.4) is 0 Å². The Kier molecular flexibility index (Phi) is 6.65. The molecule has 0 bridgehead atoms. The Bertz CT molecular complexity index is 1070. The number of hydrogen-bond acceptors (Lipinski definition) is 5. The van der Waals surface area contributed by atoms with Crippen molar-refractivity contribution in [1.29, 1.82) is 0 Å². The number of piperidine rings is 1. The lowest BCUT2D eigenvalue weighted by Gasteiger charge is -2.36. The van der Waals surface area contributed by atoms with Crippen molar-refractivity contribution >= 4 is 16.9 Å². The number of ether oxygens (including phenoxy) is 2. The number of nitrogens with one attached hydrogen (secondary N) is 1. The van der Waals surface area contributed by atoms with Gasteiger partial charge in [0.1, 0.15) is 5.65 Å². The third-order valence-corrected chi connectivity index (χ3v) is 6.60. The van der Waals surface area contributed by atoms with Gasteiger partial charge in [-0.05, 0) is 74.2 Å². The van der Waals surface area contributed by atoms with Crippen molar-refractivity contribution < 1.29 is 14.3 Å². The summed E-state index contributed by atoms with van der Waals surface area (Å²) in [4.78, 5) is 24.9. The third kappa shape index (κ3) is 4.43. The largest absolute Gasteiger partial charge is 0.493 e. The lowest BCUT2D eigenvalue weighted by Crippen LogP contribution is -2.48. The molecule has 1 unspecified atom stereocenters. The minimum atomic E-state index is -0.147. The van der Waals surface area contributed by atoms with Crippen LogP contribution in [0.1, 0.15) is 36.8 Å². The lowest BCUT2D eigenvalue weighted by atomic mass is 9.89. The number of amides is 1. The molecule has 1 aliphatic rings. The van der Waals surface area contributed by atoms with Gasteiger partial charge < -0.3 is 19.4 Å². The van der Waals surface area contributed by atoms with Gasteiger partial charge in [0.05, 0.1) is 20.3 Å². The van der Waals surface area contributed by atoms with Gasteiger partial charge in [-0.2, -0.15) is 0 Å². The summed E-state index contributed by atoms with van der Waals surface area (Å²) in [6.07, 6.45) is 6.00. The highest BCUT2D eigenvalue weighted by Gasteiger charge is 2.29. The number of nitrogens with zero attached hydrogens (tertiary/aromatic N) is 3. The van der Waals surface area contributed by atoms with Crippen molar-refractivity contribution in [3.05, 3.63) is 53.9 Å². The summed E-state index contributed by atoms with van der Waals surface area (Å²) in [5.41, 5.74) is 3.31. The second-order valence-electron chi connectivity index (χ2n) is 8.51. The van der Waals surface area contributed by atoms with Crippen LogP contribution in [0.25, 0.3) is 11.0 Å². The van der Waals surface area contributed by atoms with Crippen molar-refractivity contribution in [3.8, 4) is 11.5 Å². The number of aromatic nitrogens is 2. The summed E-state index contributed by atoms with van der Waals surface area (Å²) < 4.78 is 10.7. The van der Waals surface area contributed by atoms with Crippen molar-refractivity contribution in [2.75, 3.05) is 34.4 Å². The number of methoxy groups -OCH3 is 2. The molecule has 1 fully saturated rings. The number of pyridine rings is 1. The molecule has 7 heteroatoms. The molecule has 7 nitrogen and oxygen atoms in total. The van der Waals surface area contributed by atoms with Crippen LogP contribution in [0.2, 0.25) is 0 Å². The second kappa shape index (κ2) is 9.61. The Morgan fingerprint density at radius 1 is 1.22 bits per heavy atom. The summed E-state index contributed by atoms with van der Waals surface area (Å²) in [7, 11) is 5.10. The van der Waals surface area contributed by atoms with Crippen LogP contribution in [-0.4, -0.2) is 66.1 Å². The van der Waals surface area contributed by atoms with E-state index in [1.807, 2.05) is 44.4 Å². The highest BCUT2D eigenvalue weighted by Crippen LogP contribution is 2.33. The van der Waals surface area contributed by atoms with Crippen molar-refractivity contribution in [2.45, 2.75) is 38.3 Å². The number of fused-ring (bicyclic) bond motifs is 1. The van der Waals surface area contributed by atoms with Gasteiger partial charge in [0, 0.05) is 31.4 Å². The number of likely N-dealkylation sites (tertiary alicyclic amines) is 1. The highest BCUT2D eigenvalue weighted by atomic mass is 16.5. The predicted octanol–water partition coefficient (Wildman–Crippen LogP) is 3.81. The summed E-state index contributed by atoms with van der Waals surface area (Å²) in [5.74, 6) is 1.99. The Morgan fingerprint density at radius 2 is 1.97 bits per heavy atom. The quantitative estimate of drug-likeness (QED) is 0.610. The average Bonchev–Trinajstić information content (AvgIpc) is 3.27. The van der Waals surface area contributed by atoms with Crippen molar-refractivity contribution in [1.82, 2.24) is 19.8 Å². The summed E-state index contributed by atoms with van der Waals surface area (Å²) in [5, 5.41) is 1.21. The average molecular weight is 437 g/mol. The zero-order chi connectivity index (χ0) is 22.7. The molecular formula is C25H32N4O3. The minimum Gasteiger partial charge on any atom is -0.493 e. The highest BCUT2D eigenvalue weighted by molar-refractivity contribution is 5.81. The summed E-state index contributed by atoms with van der Waals surface area (Å²) in [6.45, 7) is 4.37. The molecule has 0 saturated carbocycles. The van der Waals surface area contributed by atoms with Gasteiger partial charge in [-0.3, -0.25) is 9.69 Å². The number of carbonyl (C=O) groups excluding carboxylic acids is 1. The van der Waals surface area contributed by atoms with Crippen LogP contribution >= 0.6 is 0 Å². The first-order valence-electron chi connectivity index (χ1n) is 11.1. The van der Waals surface area contributed by atoms with Gasteiger partial charge in [0.15, 0.2) is 11.5 Å². The van der Waals surface area contributed by atoms with E-state index in [2.05, 4.69) is 27.1 Å². The maximum absolute atomic E-state index is 13.1. The molecule has 170 valence electrons. The van der Waals surface area contributed by atoms with Crippen LogP contribution in [0.4, 0.5) is 0 Å². The molecule has 3 heterocycles. The van der Waals surface area contributed by atoms with E-state index in [4.69, 9.17) is 9.47 Å². The monoisotopic (exact) mass is 436 g/mol. The molecule has 1 aromatic carbocycles. The van der Waals surface area contributed by atoms with Crippen LogP contribution in [0, 0.1) is 0 Å². The van der Waals surface area contributed by atoms with E-state index in [0.717, 1.165) is 37.1 Å². The fourth-order valence-electron chi connectivity index (χ4n) is 4.72. The molecule has 1 saturated heterocycles. The first-order valence-corrected chi connectivity index (χ1v) is 11.1. The molecule has 1 N–H and O–H groups in total. The topological polar surface area (TPSA) is 70.7 Å². The lowest BCUT2D eigenvalue weighted by molar-refractivity contribution is -0.136. The van der Waals surface area contributed by atoms with Gasteiger partial charge in [-0.25, -0.2) is 4.98 Å². The van der Waals surface area contributed by atoms with Gasteiger partial charge in [0.2, 0.25) is 5.91 Å². The molecule has 2 aromatic heterocycles. The number of aromatic amines is 1. The Morgan fingerprint density at radius 3 is 2.69 bits per heavy atom. The molecule has 4 rings (SSSR count). The summed E-state index contributed by atoms with van der Waals surface area (Å²) >= 11 is 0. The van der Waals surface area contributed by atoms with E-state index >= 15 is 0 Å². The predicted molar refractivity (Wildman–Crippen MR) is 125 cm³/mol. The normalized spacial score (nSPS) is 16.1. The van der Waals surface area contributed by atoms with Crippen LogP contribution in [-0.2, 0) is 11.3 Å². The number of likely N-dealkylation sites (N-methyl/N-ethyl adjacent to an activating group) is 1. The fraction of sp³-hybridized carbons (Fsp3) is 0.440. The standard InChI is InChI=1S/C25H32N4O3/c1-17(25(30)28(2)16-18-7-8-22(31-3)23(14-18)32-4)29-12-9-19(10-13-29)21-15-27-24-20(21)6-5-11-26-24/h5-8,11,14-15,17,19H,9-10,12-13,16H2,1-4H3,(H,26,27). The molecule has 0 aliphatic carbocycles. The molecule has 3 aromatic rings. The number of hydrogen-bond donors (Lipinski definition) is 1. The first kappa shape index (κ1) is 22.1. The third-order valence-electron chi connectivity index (χ3n) is 6.60. The number of H-pyrrole nitrogens is 1. The van der Waals surface area contributed by atoms with Crippen molar-refractivity contribution in [2.24, 2.45) is 0 Å². The van der Waals surface area contributed by atoms with Crippen molar-refractivity contribution in [3.63, 3.8) is 0 Å². The van der Waals surface area contributed by atoms with E-state index in [1.54, 1.807) is 19.1 Å². The molecule has 1 aliphatic heterocycles. The van der Waals surface area contributed by atoms with E-state index in [-0.39, 0.29) is 11.9 Å².